The average molecular weight is 724 g/mol. The van der Waals surface area contributed by atoms with E-state index < -0.39 is 103 Å². The zero-order chi connectivity index (χ0) is 38.7. The summed E-state index contributed by atoms with van der Waals surface area (Å²) in [6, 6.07) is -6.07. The van der Waals surface area contributed by atoms with Gasteiger partial charge in [0.15, 0.2) is 0 Å². The molecule has 16 heteroatoms. The number of nitrogens with one attached hydrogen (secondary N) is 5. The van der Waals surface area contributed by atoms with Crippen LogP contribution in [-0.2, 0) is 38.4 Å². The fraction of sp³-hybridized carbons (Fsp3) is 0.714. The van der Waals surface area contributed by atoms with Gasteiger partial charge >= 0.3 is 17.9 Å². The van der Waals surface area contributed by atoms with E-state index in [0.29, 0.717) is 6.42 Å². The quantitative estimate of drug-likeness (QED) is 0.0667. The molecule has 1 fully saturated rings. The van der Waals surface area contributed by atoms with Gasteiger partial charge in [0.1, 0.15) is 30.2 Å². The first kappa shape index (κ1) is 44.5. The van der Waals surface area contributed by atoms with E-state index in [9.17, 15) is 48.6 Å². The third-order valence-electron chi connectivity index (χ3n) is 8.94. The van der Waals surface area contributed by atoms with Crippen molar-refractivity contribution >= 4 is 47.4 Å². The van der Waals surface area contributed by atoms with Crippen LogP contribution in [0.15, 0.2) is 12.7 Å². The molecule has 0 radical (unpaired) electrons. The lowest BCUT2D eigenvalue weighted by molar-refractivity contribution is -0.142. The molecule has 16 nitrogen and oxygen atoms in total. The lowest BCUT2D eigenvalue weighted by atomic mass is 9.84. The maximum atomic E-state index is 13.9. The minimum absolute atomic E-state index is 0.0249. The molecular weight excluding hydrogens is 666 g/mol. The van der Waals surface area contributed by atoms with Crippen LogP contribution >= 0.6 is 0 Å². The van der Waals surface area contributed by atoms with Crippen molar-refractivity contribution in [3.63, 3.8) is 0 Å². The van der Waals surface area contributed by atoms with Crippen molar-refractivity contribution in [1.82, 2.24) is 26.6 Å². The van der Waals surface area contributed by atoms with Gasteiger partial charge in [-0.3, -0.25) is 33.6 Å². The van der Waals surface area contributed by atoms with Gasteiger partial charge in [0.05, 0.1) is 6.42 Å². The molecule has 1 aliphatic rings. The molecule has 5 amide bonds. The van der Waals surface area contributed by atoms with Gasteiger partial charge in [-0.25, -0.2) is 4.79 Å². The van der Waals surface area contributed by atoms with Crippen molar-refractivity contribution in [2.75, 3.05) is 0 Å². The Bertz CT molecular complexity index is 1230. The van der Waals surface area contributed by atoms with Gasteiger partial charge in [-0.2, -0.15) is 0 Å². The Morgan fingerprint density at radius 1 is 0.686 bits per heavy atom. The largest absolute Gasteiger partial charge is 0.481 e. The van der Waals surface area contributed by atoms with Gasteiger partial charge in [-0.15, -0.1) is 6.58 Å². The molecule has 51 heavy (non-hydrogen) atoms. The SMILES string of the molecule is C=CC[C@H](NC(=O)[C@H](CC1CCCCC1)NC(=O)[C@@H](NC(=O)[C@H](CC(C)C)NC(=O)[C@@H](CCC(=O)O)NC(=O)CCC(=O)O)[C@@H](C)CC)C(=O)O. The molecule has 0 saturated heterocycles. The highest BCUT2D eigenvalue weighted by Gasteiger charge is 2.35. The van der Waals surface area contributed by atoms with Crippen LogP contribution in [0.2, 0.25) is 0 Å². The van der Waals surface area contributed by atoms with Crippen LogP contribution in [0.5, 0.6) is 0 Å². The number of carbonyl (C=O) groups is 8. The summed E-state index contributed by atoms with van der Waals surface area (Å²) in [4.78, 5) is 101. The summed E-state index contributed by atoms with van der Waals surface area (Å²) in [5.41, 5.74) is 0. The standard InChI is InChI=1S/C35H57N5O11/c1-6-11-24(35(50)51)37-32(47)26(19-22-12-9-8-10-13-22)39-34(49)30(21(5)7-2)40-33(48)25(18-20(3)4)38-31(46)23(14-16-28(42)43)36-27(41)15-17-29(44)45/h6,20-26,30H,1,7-19H2,2-5H3,(H,36,41)(H,37,47)(H,38,46)(H,39,49)(H,40,48)(H,42,43)(H,44,45)(H,50,51)/t21-,23+,24-,25-,26-,30-/m0/s1. The van der Waals surface area contributed by atoms with Crippen LogP contribution in [0.4, 0.5) is 0 Å². The molecule has 6 atom stereocenters. The van der Waals surface area contributed by atoms with E-state index in [4.69, 9.17) is 5.11 Å². The van der Waals surface area contributed by atoms with Crippen molar-refractivity contribution in [1.29, 1.82) is 0 Å². The number of hydrogen-bond donors (Lipinski definition) is 8. The number of aliphatic carboxylic acids is 3. The topological polar surface area (TPSA) is 257 Å². The summed E-state index contributed by atoms with van der Waals surface area (Å²) in [7, 11) is 0. The van der Waals surface area contributed by atoms with Gasteiger partial charge < -0.3 is 41.9 Å². The Balaban J connectivity index is 3.27. The molecule has 288 valence electrons. The first-order valence-electron chi connectivity index (χ1n) is 17.8. The zero-order valence-electron chi connectivity index (χ0n) is 30.2. The summed E-state index contributed by atoms with van der Waals surface area (Å²) in [5, 5.41) is 40.5. The van der Waals surface area contributed by atoms with E-state index in [2.05, 4.69) is 33.2 Å². The number of carboxylic acid groups (broad SMARTS) is 3. The number of amides is 5. The zero-order valence-corrected chi connectivity index (χ0v) is 30.2. The van der Waals surface area contributed by atoms with Crippen molar-refractivity contribution in [2.45, 2.75) is 141 Å². The number of carbonyl (C=O) groups excluding carboxylic acids is 5. The van der Waals surface area contributed by atoms with Crippen LogP contribution in [0, 0.1) is 17.8 Å². The second-order valence-corrected chi connectivity index (χ2v) is 13.7. The van der Waals surface area contributed by atoms with Crippen molar-refractivity contribution in [2.24, 2.45) is 17.8 Å². The smallest absolute Gasteiger partial charge is 0.326 e. The van der Waals surface area contributed by atoms with E-state index in [1.807, 2.05) is 6.92 Å². The Labute approximate surface area is 299 Å². The van der Waals surface area contributed by atoms with Gasteiger partial charge in [0, 0.05) is 12.8 Å². The number of carboxylic acids is 3. The second kappa shape index (κ2) is 23.1. The monoisotopic (exact) mass is 723 g/mol. The van der Waals surface area contributed by atoms with Crippen molar-refractivity contribution in [3.05, 3.63) is 12.7 Å². The average Bonchev–Trinajstić information content (AvgIpc) is 3.06. The Morgan fingerprint density at radius 2 is 1.24 bits per heavy atom. The Kier molecular flexibility index (Phi) is 20.1. The van der Waals surface area contributed by atoms with Gasteiger partial charge in [0.2, 0.25) is 29.5 Å². The molecule has 0 bridgehead atoms. The van der Waals surface area contributed by atoms with E-state index in [1.54, 1.807) is 20.8 Å². The first-order valence-corrected chi connectivity index (χ1v) is 17.8. The summed E-state index contributed by atoms with van der Waals surface area (Å²) in [6.07, 6.45) is 5.11. The summed E-state index contributed by atoms with van der Waals surface area (Å²) < 4.78 is 0. The molecule has 0 unspecified atom stereocenters. The molecule has 0 aliphatic heterocycles. The third kappa shape index (κ3) is 17.3. The van der Waals surface area contributed by atoms with Crippen molar-refractivity contribution in [3.8, 4) is 0 Å². The Hall–Kier alpha value is -4.50. The minimum Gasteiger partial charge on any atom is -0.481 e. The van der Waals surface area contributed by atoms with Crippen LogP contribution in [0.3, 0.4) is 0 Å². The maximum Gasteiger partial charge on any atom is 0.326 e. The third-order valence-corrected chi connectivity index (χ3v) is 8.94. The molecule has 1 saturated carbocycles. The summed E-state index contributed by atoms with van der Waals surface area (Å²) in [5.74, 6) is -7.87. The maximum absolute atomic E-state index is 13.9. The van der Waals surface area contributed by atoms with Gasteiger partial charge in [0.25, 0.3) is 0 Å². The molecular formula is C35H57N5O11. The van der Waals surface area contributed by atoms with E-state index in [1.165, 1.54) is 6.08 Å². The molecule has 8 N–H and O–H groups in total. The lowest BCUT2D eigenvalue weighted by Gasteiger charge is -2.31. The molecule has 0 heterocycles. The minimum atomic E-state index is -1.38. The van der Waals surface area contributed by atoms with E-state index in [0.717, 1.165) is 32.1 Å². The summed E-state index contributed by atoms with van der Waals surface area (Å²) >= 11 is 0. The predicted octanol–water partition coefficient (Wildman–Crippen LogP) is 1.86. The molecule has 0 aromatic heterocycles. The van der Waals surface area contributed by atoms with Crippen LogP contribution < -0.4 is 26.6 Å². The van der Waals surface area contributed by atoms with E-state index >= 15 is 0 Å². The number of rotatable bonds is 24. The fourth-order valence-corrected chi connectivity index (χ4v) is 5.86. The molecule has 0 spiro atoms. The Morgan fingerprint density at radius 3 is 1.76 bits per heavy atom. The molecule has 0 aromatic rings. The lowest BCUT2D eigenvalue weighted by Crippen LogP contribution is -2.60. The van der Waals surface area contributed by atoms with E-state index in [-0.39, 0.29) is 37.5 Å². The highest BCUT2D eigenvalue weighted by Crippen LogP contribution is 2.27. The normalized spacial score (nSPS) is 16.6. The molecule has 1 rings (SSSR count). The molecule has 1 aliphatic carbocycles. The fourth-order valence-electron chi connectivity index (χ4n) is 5.86. The highest BCUT2D eigenvalue weighted by molar-refractivity contribution is 5.96. The van der Waals surface area contributed by atoms with Crippen LogP contribution in [0.25, 0.3) is 0 Å². The van der Waals surface area contributed by atoms with Crippen LogP contribution in [-0.4, -0.2) is 93.0 Å². The first-order chi connectivity index (χ1) is 24.0. The predicted molar refractivity (Wildman–Crippen MR) is 186 cm³/mol. The number of hydrogen-bond acceptors (Lipinski definition) is 8. The second-order valence-electron chi connectivity index (χ2n) is 13.7. The van der Waals surface area contributed by atoms with Gasteiger partial charge in [-0.1, -0.05) is 72.3 Å². The summed E-state index contributed by atoms with van der Waals surface area (Å²) in [6.45, 7) is 10.7. The highest BCUT2D eigenvalue weighted by atomic mass is 16.4. The van der Waals surface area contributed by atoms with Gasteiger partial charge in [-0.05, 0) is 43.4 Å². The van der Waals surface area contributed by atoms with Crippen LogP contribution in [0.1, 0.15) is 111 Å². The van der Waals surface area contributed by atoms with Crippen molar-refractivity contribution < 1.29 is 53.7 Å². The molecule has 0 aromatic carbocycles.